The SMILES string of the molecule is Cc1nnc(/C=C/c2ccc(CC(C)C(=O)O)cc2)nn1. The second-order valence-corrected chi connectivity index (χ2v) is 4.82. The first kappa shape index (κ1) is 14.8. The summed E-state index contributed by atoms with van der Waals surface area (Å²) in [6, 6.07) is 7.70. The predicted molar refractivity (Wildman–Crippen MR) is 78.2 cm³/mol. The second kappa shape index (κ2) is 6.69. The summed E-state index contributed by atoms with van der Waals surface area (Å²) >= 11 is 0. The Kier molecular flexibility index (Phi) is 4.71. The molecule has 0 aliphatic carbocycles. The van der Waals surface area contributed by atoms with Gasteiger partial charge in [-0.1, -0.05) is 37.3 Å². The van der Waals surface area contributed by atoms with Gasteiger partial charge in [0.2, 0.25) is 0 Å². The maximum absolute atomic E-state index is 10.8. The Morgan fingerprint density at radius 2 is 1.76 bits per heavy atom. The molecule has 0 aliphatic rings. The van der Waals surface area contributed by atoms with E-state index in [-0.39, 0.29) is 5.92 Å². The number of carbonyl (C=O) groups is 1. The Bertz CT molecular complexity index is 636. The van der Waals surface area contributed by atoms with Crippen LogP contribution in [-0.2, 0) is 11.2 Å². The predicted octanol–water partition coefficient (Wildman–Crippen LogP) is 2.01. The zero-order chi connectivity index (χ0) is 15.2. The van der Waals surface area contributed by atoms with Crippen molar-refractivity contribution in [2.24, 2.45) is 5.92 Å². The standard InChI is InChI=1S/C15H16N4O2/c1-10(15(20)21)9-13-5-3-12(4-6-13)7-8-14-18-16-11(2)17-19-14/h3-8,10H,9H2,1-2H3,(H,20,21)/b8-7+. The number of hydrogen-bond donors (Lipinski definition) is 1. The van der Waals surface area contributed by atoms with E-state index in [4.69, 9.17) is 5.11 Å². The largest absolute Gasteiger partial charge is 0.481 e. The van der Waals surface area contributed by atoms with Crippen molar-refractivity contribution in [3.8, 4) is 0 Å². The molecule has 21 heavy (non-hydrogen) atoms. The molecule has 2 rings (SSSR count). The van der Waals surface area contributed by atoms with Gasteiger partial charge in [0.15, 0.2) is 11.6 Å². The molecule has 108 valence electrons. The quantitative estimate of drug-likeness (QED) is 0.903. The number of nitrogens with zero attached hydrogens (tertiary/aromatic N) is 4. The summed E-state index contributed by atoms with van der Waals surface area (Å²) in [6.07, 6.45) is 4.11. The molecule has 1 aromatic carbocycles. The van der Waals surface area contributed by atoms with Crippen LogP contribution in [0, 0.1) is 12.8 Å². The van der Waals surface area contributed by atoms with E-state index in [0.29, 0.717) is 18.1 Å². The molecule has 6 nitrogen and oxygen atoms in total. The molecular weight excluding hydrogens is 268 g/mol. The third-order valence-electron chi connectivity index (χ3n) is 2.96. The number of aryl methyl sites for hydroxylation is 1. The third-order valence-corrected chi connectivity index (χ3v) is 2.96. The zero-order valence-electron chi connectivity index (χ0n) is 11.9. The number of rotatable bonds is 5. The van der Waals surface area contributed by atoms with Crippen molar-refractivity contribution in [1.29, 1.82) is 0 Å². The van der Waals surface area contributed by atoms with Crippen molar-refractivity contribution in [1.82, 2.24) is 20.4 Å². The molecule has 2 aromatic rings. The van der Waals surface area contributed by atoms with Gasteiger partial charge in [0, 0.05) is 0 Å². The smallest absolute Gasteiger partial charge is 0.306 e. The lowest BCUT2D eigenvalue weighted by Gasteiger charge is -2.06. The summed E-state index contributed by atoms with van der Waals surface area (Å²) in [4.78, 5) is 10.8. The summed E-state index contributed by atoms with van der Waals surface area (Å²) in [5, 5.41) is 24.3. The Hall–Kier alpha value is -2.63. The van der Waals surface area contributed by atoms with Gasteiger partial charge in [-0.05, 0) is 30.5 Å². The Morgan fingerprint density at radius 3 is 2.33 bits per heavy atom. The van der Waals surface area contributed by atoms with Crippen LogP contribution in [0.2, 0.25) is 0 Å². The van der Waals surface area contributed by atoms with Gasteiger partial charge in [0.05, 0.1) is 5.92 Å². The summed E-state index contributed by atoms with van der Waals surface area (Å²) in [5.74, 6) is -0.187. The maximum atomic E-state index is 10.8. The lowest BCUT2D eigenvalue weighted by Crippen LogP contribution is -2.12. The van der Waals surface area contributed by atoms with Gasteiger partial charge in [-0.15, -0.1) is 20.4 Å². The monoisotopic (exact) mass is 284 g/mol. The van der Waals surface area contributed by atoms with Crippen LogP contribution in [0.25, 0.3) is 12.2 Å². The Balaban J connectivity index is 2.02. The van der Waals surface area contributed by atoms with Gasteiger partial charge in [-0.3, -0.25) is 4.79 Å². The van der Waals surface area contributed by atoms with Crippen molar-refractivity contribution in [2.45, 2.75) is 20.3 Å². The minimum atomic E-state index is -0.782. The van der Waals surface area contributed by atoms with E-state index in [9.17, 15) is 4.79 Å². The van der Waals surface area contributed by atoms with Crippen LogP contribution in [0.4, 0.5) is 0 Å². The highest BCUT2D eigenvalue weighted by molar-refractivity contribution is 5.70. The van der Waals surface area contributed by atoms with Crippen LogP contribution in [0.15, 0.2) is 24.3 Å². The van der Waals surface area contributed by atoms with E-state index in [0.717, 1.165) is 11.1 Å². The molecular formula is C15H16N4O2. The lowest BCUT2D eigenvalue weighted by molar-refractivity contribution is -0.141. The van der Waals surface area contributed by atoms with Gasteiger partial charge < -0.3 is 5.11 Å². The van der Waals surface area contributed by atoms with Crippen LogP contribution < -0.4 is 0 Å². The molecule has 0 amide bonds. The van der Waals surface area contributed by atoms with Crippen LogP contribution in [0.3, 0.4) is 0 Å². The Labute approximate surface area is 122 Å². The second-order valence-electron chi connectivity index (χ2n) is 4.82. The molecule has 0 fully saturated rings. The number of hydrogen-bond acceptors (Lipinski definition) is 5. The Morgan fingerprint density at radius 1 is 1.14 bits per heavy atom. The summed E-state index contributed by atoms with van der Waals surface area (Å²) in [5.41, 5.74) is 1.97. The number of carboxylic acid groups (broad SMARTS) is 1. The van der Waals surface area contributed by atoms with E-state index in [2.05, 4.69) is 20.4 Å². The van der Waals surface area contributed by atoms with E-state index in [1.54, 1.807) is 19.9 Å². The number of aliphatic carboxylic acids is 1. The molecule has 1 atom stereocenters. The van der Waals surface area contributed by atoms with Crippen LogP contribution >= 0.6 is 0 Å². The van der Waals surface area contributed by atoms with Crippen LogP contribution in [0.5, 0.6) is 0 Å². The van der Waals surface area contributed by atoms with Gasteiger partial charge in [0.1, 0.15) is 0 Å². The molecule has 1 N–H and O–H groups in total. The lowest BCUT2D eigenvalue weighted by atomic mass is 10.0. The first-order chi connectivity index (χ1) is 10.0. The average Bonchev–Trinajstić information content (AvgIpc) is 2.48. The first-order valence-electron chi connectivity index (χ1n) is 6.58. The molecule has 1 aromatic heterocycles. The molecule has 0 spiro atoms. The van der Waals surface area contributed by atoms with Crippen molar-refractivity contribution >= 4 is 18.1 Å². The van der Waals surface area contributed by atoms with Crippen LogP contribution in [-0.4, -0.2) is 31.5 Å². The van der Waals surface area contributed by atoms with E-state index in [1.807, 2.05) is 30.3 Å². The highest BCUT2D eigenvalue weighted by Gasteiger charge is 2.10. The topological polar surface area (TPSA) is 88.9 Å². The fraction of sp³-hybridized carbons (Fsp3) is 0.267. The number of aromatic nitrogens is 4. The fourth-order valence-corrected chi connectivity index (χ4v) is 1.73. The number of benzene rings is 1. The molecule has 0 bridgehead atoms. The van der Waals surface area contributed by atoms with E-state index >= 15 is 0 Å². The summed E-state index contributed by atoms with van der Waals surface area (Å²) < 4.78 is 0. The highest BCUT2D eigenvalue weighted by atomic mass is 16.4. The highest BCUT2D eigenvalue weighted by Crippen LogP contribution is 2.12. The minimum Gasteiger partial charge on any atom is -0.481 e. The van der Waals surface area contributed by atoms with Crippen molar-refractivity contribution < 1.29 is 9.90 Å². The van der Waals surface area contributed by atoms with Gasteiger partial charge in [-0.25, -0.2) is 0 Å². The summed E-state index contributed by atoms with van der Waals surface area (Å²) in [7, 11) is 0. The van der Waals surface area contributed by atoms with Crippen LogP contribution in [0.1, 0.15) is 29.7 Å². The maximum Gasteiger partial charge on any atom is 0.306 e. The molecule has 1 heterocycles. The summed E-state index contributed by atoms with van der Waals surface area (Å²) in [6.45, 7) is 3.43. The number of carboxylic acids is 1. The molecule has 1 unspecified atom stereocenters. The molecule has 0 saturated carbocycles. The van der Waals surface area contributed by atoms with Crippen molar-refractivity contribution in [3.05, 3.63) is 47.0 Å². The first-order valence-corrected chi connectivity index (χ1v) is 6.58. The molecule has 0 saturated heterocycles. The van der Waals surface area contributed by atoms with Crippen molar-refractivity contribution in [3.63, 3.8) is 0 Å². The average molecular weight is 284 g/mol. The third kappa shape index (κ3) is 4.45. The fourth-order valence-electron chi connectivity index (χ4n) is 1.73. The van der Waals surface area contributed by atoms with Gasteiger partial charge in [-0.2, -0.15) is 0 Å². The van der Waals surface area contributed by atoms with Crippen molar-refractivity contribution in [2.75, 3.05) is 0 Å². The van der Waals surface area contributed by atoms with Gasteiger partial charge >= 0.3 is 5.97 Å². The molecule has 6 heteroatoms. The zero-order valence-corrected chi connectivity index (χ0v) is 11.9. The normalized spacial score (nSPS) is 12.5. The van der Waals surface area contributed by atoms with E-state index < -0.39 is 5.97 Å². The molecule has 0 radical (unpaired) electrons. The minimum absolute atomic E-state index is 0.385. The van der Waals surface area contributed by atoms with E-state index in [1.165, 1.54) is 0 Å². The molecule has 0 aliphatic heterocycles. The van der Waals surface area contributed by atoms with Gasteiger partial charge in [0.25, 0.3) is 0 Å².